The van der Waals surface area contributed by atoms with Gasteiger partial charge in [-0.25, -0.2) is 4.68 Å². The minimum atomic E-state index is -0.367. The largest absolute Gasteiger partial charge is 0.325 e. The highest BCUT2D eigenvalue weighted by atomic mass is 32.2. The van der Waals surface area contributed by atoms with Crippen molar-refractivity contribution in [3.05, 3.63) is 71.5 Å². The van der Waals surface area contributed by atoms with E-state index in [1.54, 1.807) is 0 Å². The molecule has 2 aromatic carbocycles. The number of fused-ring (bicyclic) bond motifs is 1. The molecule has 0 spiro atoms. The predicted molar refractivity (Wildman–Crippen MR) is 103 cm³/mol. The molecule has 1 aliphatic heterocycles. The topological polar surface area (TPSA) is 71.8 Å². The van der Waals surface area contributed by atoms with E-state index in [2.05, 4.69) is 52.1 Å². The third kappa shape index (κ3) is 3.17. The van der Waals surface area contributed by atoms with Gasteiger partial charge in [0.15, 0.2) is 0 Å². The van der Waals surface area contributed by atoms with Crippen molar-refractivity contribution in [2.24, 2.45) is 0 Å². The number of anilines is 1. The molecule has 0 radical (unpaired) electrons. The Morgan fingerprint density at radius 3 is 2.54 bits per heavy atom. The maximum absolute atomic E-state index is 13.0. The number of aryl methyl sites for hydroxylation is 2. The molecule has 1 aliphatic rings. The van der Waals surface area contributed by atoms with E-state index in [4.69, 9.17) is 0 Å². The maximum Gasteiger partial charge on any atom is 0.240 e. The van der Waals surface area contributed by atoms with E-state index in [0.29, 0.717) is 5.16 Å². The van der Waals surface area contributed by atoms with Gasteiger partial charge in [0.2, 0.25) is 11.1 Å². The standard InChI is InChI=1S/C19H19N5OS/c1-12-8-10-14(11-9-12)16-17(18(25)20-15-6-4-3-5-7-15)26-19-22-21-13(2)24(19)23-16/h3-11,16-17,23H,1-2H3,(H,20,25)/t16-,17+/m0/s1. The molecule has 4 rings (SSSR count). The first-order chi connectivity index (χ1) is 12.6. The number of nitrogens with one attached hydrogen (secondary N) is 2. The van der Waals surface area contributed by atoms with Crippen LogP contribution < -0.4 is 10.7 Å². The monoisotopic (exact) mass is 365 g/mol. The Hall–Kier alpha value is -2.80. The van der Waals surface area contributed by atoms with Gasteiger partial charge in [-0.05, 0) is 31.5 Å². The van der Waals surface area contributed by atoms with Crippen molar-refractivity contribution < 1.29 is 4.79 Å². The van der Waals surface area contributed by atoms with Gasteiger partial charge in [-0.15, -0.1) is 10.2 Å². The van der Waals surface area contributed by atoms with Gasteiger partial charge in [-0.2, -0.15) is 0 Å². The molecule has 0 bridgehead atoms. The molecule has 0 saturated heterocycles. The van der Waals surface area contributed by atoms with Crippen LogP contribution in [-0.2, 0) is 4.79 Å². The number of benzene rings is 2. The van der Waals surface area contributed by atoms with Gasteiger partial charge in [-0.1, -0.05) is 59.8 Å². The van der Waals surface area contributed by atoms with Crippen molar-refractivity contribution in [2.45, 2.75) is 30.3 Å². The number of thioether (sulfide) groups is 1. The maximum atomic E-state index is 13.0. The number of amides is 1. The third-order valence-electron chi connectivity index (χ3n) is 4.33. The van der Waals surface area contributed by atoms with E-state index in [-0.39, 0.29) is 17.2 Å². The molecule has 2 atom stereocenters. The fourth-order valence-corrected chi connectivity index (χ4v) is 4.04. The van der Waals surface area contributed by atoms with Gasteiger partial charge in [0.1, 0.15) is 11.1 Å². The van der Waals surface area contributed by atoms with Crippen LogP contribution in [0.4, 0.5) is 5.69 Å². The van der Waals surface area contributed by atoms with Crippen molar-refractivity contribution >= 4 is 23.4 Å². The highest BCUT2D eigenvalue weighted by Gasteiger charge is 2.37. The Morgan fingerprint density at radius 2 is 1.81 bits per heavy atom. The Balaban J connectivity index is 1.67. The number of aromatic nitrogens is 3. The fraction of sp³-hybridized carbons (Fsp3) is 0.211. The van der Waals surface area contributed by atoms with E-state index < -0.39 is 0 Å². The Labute approximate surface area is 156 Å². The van der Waals surface area contributed by atoms with Crippen LogP contribution in [0, 0.1) is 13.8 Å². The molecule has 0 unspecified atom stereocenters. The van der Waals surface area contributed by atoms with Crippen LogP contribution in [0.25, 0.3) is 0 Å². The zero-order valence-electron chi connectivity index (χ0n) is 14.5. The quantitative estimate of drug-likeness (QED) is 0.745. The average molecular weight is 365 g/mol. The van der Waals surface area contributed by atoms with Crippen molar-refractivity contribution in [3.63, 3.8) is 0 Å². The summed E-state index contributed by atoms with van der Waals surface area (Å²) >= 11 is 1.43. The average Bonchev–Trinajstić information content (AvgIpc) is 3.02. The lowest BCUT2D eigenvalue weighted by atomic mass is 10.0. The second-order valence-corrected chi connectivity index (χ2v) is 7.39. The van der Waals surface area contributed by atoms with Crippen LogP contribution in [0.15, 0.2) is 59.8 Å². The second-order valence-electron chi connectivity index (χ2n) is 6.28. The van der Waals surface area contributed by atoms with Crippen LogP contribution in [0.2, 0.25) is 0 Å². The first-order valence-corrected chi connectivity index (χ1v) is 9.27. The molecule has 7 heteroatoms. The molecule has 0 fully saturated rings. The van der Waals surface area contributed by atoms with Crippen molar-refractivity contribution in [1.82, 2.24) is 14.9 Å². The number of hydrogen-bond donors (Lipinski definition) is 2. The van der Waals surface area contributed by atoms with E-state index >= 15 is 0 Å². The zero-order valence-corrected chi connectivity index (χ0v) is 15.3. The normalized spacial score (nSPS) is 18.7. The second kappa shape index (κ2) is 6.84. The van der Waals surface area contributed by atoms with Gasteiger partial charge in [0, 0.05) is 5.69 Å². The number of para-hydroxylation sites is 1. The summed E-state index contributed by atoms with van der Waals surface area (Å²) in [5.41, 5.74) is 6.42. The summed E-state index contributed by atoms with van der Waals surface area (Å²) in [5, 5.41) is 11.6. The van der Waals surface area contributed by atoms with Crippen LogP contribution in [0.5, 0.6) is 0 Å². The summed E-state index contributed by atoms with van der Waals surface area (Å²) < 4.78 is 1.85. The molecule has 1 aromatic heterocycles. The molecule has 132 valence electrons. The van der Waals surface area contributed by atoms with E-state index in [9.17, 15) is 4.79 Å². The van der Waals surface area contributed by atoms with Gasteiger partial charge in [-0.3, -0.25) is 4.79 Å². The molecular weight excluding hydrogens is 346 g/mol. The molecule has 2 heterocycles. The van der Waals surface area contributed by atoms with Crippen molar-refractivity contribution in [3.8, 4) is 0 Å². The van der Waals surface area contributed by atoms with E-state index in [1.807, 2.05) is 41.9 Å². The summed E-state index contributed by atoms with van der Waals surface area (Å²) in [6.45, 7) is 3.94. The summed E-state index contributed by atoms with van der Waals surface area (Å²) in [6.07, 6.45) is 0. The zero-order chi connectivity index (χ0) is 18.1. The smallest absolute Gasteiger partial charge is 0.240 e. The highest BCUT2D eigenvalue weighted by Crippen LogP contribution is 2.37. The molecule has 26 heavy (non-hydrogen) atoms. The number of carbonyl (C=O) groups is 1. The van der Waals surface area contributed by atoms with Crippen molar-refractivity contribution in [1.29, 1.82) is 0 Å². The summed E-state index contributed by atoms with van der Waals surface area (Å²) in [5.74, 6) is 0.706. The number of rotatable bonds is 3. The Morgan fingerprint density at radius 1 is 1.08 bits per heavy atom. The lowest BCUT2D eigenvalue weighted by molar-refractivity contribution is -0.116. The summed E-state index contributed by atoms with van der Waals surface area (Å²) in [6, 6.07) is 17.5. The predicted octanol–water partition coefficient (Wildman–Crippen LogP) is 3.29. The molecule has 1 amide bonds. The Kier molecular flexibility index (Phi) is 4.38. The van der Waals surface area contributed by atoms with E-state index in [1.165, 1.54) is 17.3 Å². The molecular formula is C19H19N5OS. The Bertz CT molecular complexity index is 923. The first kappa shape index (κ1) is 16.7. The summed E-state index contributed by atoms with van der Waals surface area (Å²) in [7, 11) is 0. The van der Waals surface area contributed by atoms with Crippen molar-refractivity contribution in [2.75, 3.05) is 10.7 Å². The minimum Gasteiger partial charge on any atom is -0.325 e. The van der Waals surface area contributed by atoms with Gasteiger partial charge < -0.3 is 10.7 Å². The number of carbonyl (C=O) groups excluding carboxylic acids is 1. The van der Waals surface area contributed by atoms with Crippen LogP contribution in [-0.4, -0.2) is 26.0 Å². The van der Waals surface area contributed by atoms with Gasteiger partial charge >= 0.3 is 0 Å². The third-order valence-corrected chi connectivity index (χ3v) is 5.55. The van der Waals surface area contributed by atoms with Gasteiger partial charge in [0.05, 0.1) is 6.04 Å². The lowest BCUT2D eigenvalue weighted by Crippen LogP contribution is -2.41. The molecule has 3 aromatic rings. The van der Waals surface area contributed by atoms with Crippen LogP contribution in [0.1, 0.15) is 23.0 Å². The van der Waals surface area contributed by atoms with Gasteiger partial charge in [0.25, 0.3) is 0 Å². The first-order valence-electron chi connectivity index (χ1n) is 8.39. The van der Waals surface area contributed by atoms with Crippen LogP contribution in [0.3, 0.4) is 0 Å². The molecule has 0 aliphatic carbocycles. The molecule has 0 saturated carbocycles. The fourth-order valence-electron chi connectivity index (χ4n) is 2.92. The SMILES string of the molecule is Cc1ccc([C@@H]2Nn3c(C)nnc3S[C@H]2C(=O)Nc2ccccc2)cc1. The number of hydrogen-bond acceptors (Lipinski definition) is 5. The minimum absolute atomic E-state index is 0.0637. The van der Waals surface area contributed by atoms with E-state index in [0.717, 1.165) is 17.1 Å². The highest BCUT2D eigenvalue weighted by molar-refractivity contribution is 8.00. The lowest BCUT2D eigenvalue weighted by Gasteiger charge is -2.32. The van der Waals surface area contributed by atoms with Crippen LogP contribution >= 0.6 is 11.8 Å². The molecule has 2 N–H and O–H groups in total. The molecule has 6 nitrogen and oxygen atoms in total. The number of nitrogens with zero attached hydrogens (tertiary/aromatic N) is 3. The summed E-state index contributed by atoms with van der Waals surface area (Å²) in [4.78, 5) is 13.0.